The zero-order valence-corrected chi connectivity index (χ0v) is 11.3. The maximum atomic E-state index is 11.1. The number of benzene rings is 2. The van der Waals surface area contributed by atoms with E-state index in [9.17, 15) is 4.79 Å². The van der Waals surface area contributed by atoms with E-state index in [4.69, 9.17) is 4.42 Å². The van der Waals surface area contributed by atoms with Gasteiger partial charge in [-0.05, 0) is 29.0 Å². The molecule has 102 valence electrons. The molecule has 2 aromatic carbocycles. The molecule has 0 aliphatic rings. The van der Waals surface area contributed by atoms with Crippen molar-refractivity contribution in [1.82, 2.24) is 4.98 Å². The average Bonchev–Trinajstić information content (AvgIpc) is 2.56. The first-order valence-corrected chi connectivity index (χ1v) is 6.60. The fourth-order valence-electron chi connectivity index (χ4n) is 2.06. The lowest BCUT2D eigenvalue weighted by atomic mass is 10.2. The van der Waals surface area contributed by atoms with Gasteiger partial charge in [0.15, 0.2) is 5.43 Å². The normalized spacial score (nSPS) is 10.1. The SMILES string of the molecule is O=c1ccoc2ccccc12.c1ccc2cnccc2c1. The van der Waals surface area contributed by atoms with Crippen LogP contribution in [0.5, 0.6) is 0 Å². The highest BCUT2D eigenvalue weighted by Gasteiger charge is 1.95. The van der Waals surface area contributed by atoms with E-state index >= 15 is 0 Å². The summed E-state index contributed by atoms with van der Waals surface area (Å²) in [7, 11) is 0. The highest BCUT2D eigenvalue weighted by molar-refractivity contribution is 5.81. The summed E-state index contributed by atoms with van der Waals surface area (Å²) in [5, 5.41) is 3.08. The Bertz CT molecular complexity index is 858. The Labute approximate surface area is 121 Å². The van der Waals surface area contributed by atoms with E-state index < -0.39 is 0 Å². The minimum Gasteiger partial charge on any atom is -0.464 e. The van der Waals surface area contributed by atoms with Crippen molar-refractivity contribution in [3.63, 3.8) is 0 Å². The molecule has 0 fully saturated rings. The Morgan fingerprint density at radius 3 is 2.38 bits per heavy atom. The molecular formula is C18H13NO2. The first-order chi connectivity index (χ1) is 10.3. The van der Waals surface area contributed by atoms with Gasteiger partial charge in [-0.1, -0.05) is 36.4 Å². The van der Waals surface area contributed by atoms with Crippen LogP contribution < -0.4 is 5.43 Å². The number of nitrogens with zero attached hydrogens (tertiary/aromatic N) is 1. The topological polar surface area (TPSA) is 43.1 Å². The second-order valence-corrected chi connectivity index (χ2v) is 4.50. The van der Waals surface area contributed by atoms with Crippen molar-refractivity contribution >= 4 is 21.7 Å². The monoisotopic (exact) mass is 275 g/mol. The Morgan fingerprint density at radius 2 is 1.57 bits per heavy atom. The van der Waals surface area contributed by atoms with E-state index in [1.807, 2.05) is 42.7 Å². The molecule has 4 rings (SSSR count). The molecule has 0 bridgehead atoms. The van der Waals surface area contributed by atoms with Gasteiger partial charge in [0, 0.05) is 18.5 Å². The summed E-state index contributed by atoms with van der Waals surface area (Å²) < 4.78 is 5.09. The van der Waals surface area contributed by atoms with Gasteiger partial charge in [0.1, 0.15) is 5.58 Å². The van der Waals surface area contributed by atoms with E-state index in [0.717, 1.165) is 0 Å². The molecule has 4 aromatic rings. The van der Waals surface area contributed by atoms with Crippen LogP contribution in [0.2, 0.25) is 0 Å². The number of rotatable bonds is 0. The number of hydrogen-bond donors (Lipinski definition) is 0. The van der Waals surface area contributed by atoms with Gasteiger partial charge in [-0.25, -0.2) is 0 Å². The Morgan fingerprint density at radius 1 is 0.810 bits per heavy atom. The zero-order valence-electron chi connectivity index (χ0n) is 11.3. The van der Waals surface area contributed by atoms with Crippen LogP contribution in [0, 0.1) is 0 Å². The van der Waals surface area contributed by atoms with Gasteiger partial charge in [-0.3, -0.25) is 9.78 Å². The molecule has 0 radical (unpaired) electrons. The molecule has 2 aromatic heterocycles. The minimum absolute atomic E-state index is 0.00634. The van der Waals surface area contributed by atoms with Gasteiger partial charge in [-0.2, -0.15) is 0 Å². The predicted octanol–water partition coefficient (Wildman–Crippen LogP) is 4.03. The molecule has 0 unspecified atom stereocenters. The third-order valence-electron chi connectivity index (χ3n) is 3.12. The van der Waals surface area contributed by atoms with Crippen LogP contribution >= 0.6 is 0 Å². The van der Waals surface area contributed by atoms with Gasteiger partial charge < -0.3 is 4.42 Å². The van der Waals surface area contributed by atoms with Gasteiger partial charge in [0.05, 0.1) is 11.6 Å². The maximum Gasteiger partial charge on any atom is 0.192 e. The summed E-state index contributed by atoms with van der Waals surface area (Å²) in [6, 6.07) is 18.8. The predicted molar refractivity (Wildman–Crippen MR) is 84.2 cm³/mol. The molecule has 3 heteroatoms. The first-order valence-electron chi connectivity index (χ1n) is 6.60. The Hall–Kier alpha value is -2.94. The minimum atomic E-state index is 0.00634. The lowest BCUT2D eigenvalue weighted by Crippen LogP contribution is -1.96. The van der Waals surface area contributed by atoms with Gasteiger partial charge in [-0.15, -0.1) is 0 Å². The van der Waals surface area contributed by atoms with Crippen molar-refractivity contribution in [3.05, 3.63) is 89.5 Å². The Balaban J connectivity index is 0.000000126. The second kappa shape index (κ2) is 6.01. The molecule has 3 nitrogen and oxygen atoms in total. The lowest BCUT2D eigenvalue weighted by molar-refractivity contribution is 0.602. The van der Waals surface area contributed by atoms with Crippen LogP contribution in [-0.2, 0) is 0 Å². The van der Waals surface area contributed by atoms with Crippen molar-refractivity contribution in [2.75, 3.05) is 0 Å². The molecule has 21 heavy (non-hydrogen) atoms. The molecule has 0 saturated heterocycles. The van der Waals surface area contributed by atoms with Gasteiger partial charge in [0.25, 0.3) is 0 Å². The van der Waals surface area contributed by atoms with Gasteiger partial charge in [0.2, 0.25) is 0 Å². The number of para-hydroxylation sites is 1. The zero-order chi connectivity index (χ0) is 14.5. The molecule has 0 amide bonds. The van der Waals surface area contributed by atoms with E-state index in [0.29, 0.717) is 11.0 Å². The molecule has 0 saturated carbocycles. The van der Waals surface area contributed by atoms with Crippen molar-refractivity contribution in [2.45, 2.75) is 0 Å². The fraction of sp³-hybridized carbons (Fsp3) is 0. The number of pyridine rings is 1. The molecular weight excluding hydrogens is 262 g/mol. The third kappa shape index (κ3) is 2.98. The molecule has 2 heterocycles. The van der Waals surface area contributed by atoms with Crippen molar-refractivity contribution < 1.29 is 4.42 Å². The summed E-state index contributed by atoms with van der Waals surface area (Å²) in [6.45, 7) is 0. The number of hydrogen-bond acceptors (Lipinski definition) is 3. The van der Waals surface area contributed by atoms with Crippen LogP contribution in [0.25, 0.3) is 21.7 Å². The van der Waals surface area contributed by atoms with Gasteiger partial charge >= 0.3 is 0 Å². The van der Waals surface area contributed by atoms with Crippen molar-refractivity contribution in [2.24, 2.45) is 0 Å². The van der Waals surface area contributed by atoms with E-state index in [2.05, 4.69) is 17.1 Å². The second-order valence-electron chi connectivity index (χ2n) is 4.50. The molecule has 0 atom stereocenters. The maximum absolute atomic E-state index is 11.1. The Kier molecular flexibility index (Phi) is 3.74. The molecule has 0 aliphatic carbocycles. The standard InChI is InChI=1S/C9H7N.C9H6O2/c1-2-4-9-7-10-6-5-8(9)3-1;10-8-5-6-11-9-4-2-1-3-7(8)9/h1-7H;1-6H. The molecule has 0 spiro atoms. The van der Waals surface area contributed by atoms with Crippen LogP contribution in [0.1, 0.15) is 0 Å². The van der Waals surface area contributed by atoms with E-state index in [1.165, 1.54) is 23.1 Å². The van der Waals surface area contributed by atoms with Crippen LogP contribution in [0.3, 0.4) is 0 Å². The number of fused-ring (bicyclic) bond motifs is 2. The summed E-state index contributed by atoms with van der Waals surface area (Å²) in [6.07, 6.45) is 5.09. The highest BCUT2D eigenvalue weighted by Crippen LogP contribution is 2.09. The average molecular weight is 275 g/mol. The molecule has 0 aliphatic heterocycles. The summed E-state index contributed by atoms with van der Waals surface area (Å²) in [4.78, 5) is 15.1. The summed E-state index contributed by atoms with van der Waals surface area (Å²) in [5.74, 6) is 0. The lowest BCUT2D eigenvalue weighted by Gasteiger charge is -1.91. The highest BCUT2D eigenvalue weighted by atomic mass is 16.3. The quantitative estimate of drug-likeness (QED) is 0.486. The first kappa shape index (κ1) is 13.1. The molecule has 0 N–H and O–H groups in total. The number of aromatic nitrogens is 1. The smallest absolute Gasteiger partial charge is 0.192 e. The van der Waals surface area contributed by atoms with Crippen LogP contribution in [0.4, 0.5) is 0 Å². The van der Waals surface area contributed by atoms with Crippen molar-refractivity contribution in [3.8, 4) is 0 Å². The van der Waals surface area contributed by atoms with E-state index in [1.54, 1.807) is 12.1 Å². The van der Waals surface area contributed by atoms with E-state index in [-0.39, 0.29) is 5.43 Å². The van der Waals surface area contributed by atoms with Crippen LogP contribution in [0.15, 0.2) is 88.5 Å². The van der Waals surface area contributed by atoms with Crippen molar-refractivity contribution in [1.29, 1.82) is 0 Å². The summed E-state index contributed by atoms with van der Waals surface area (Å²) >= 11 is 0. The third-order valence-corrected chi connectivity index (χ3v) is 3.12. The fourth-order valence-corrected chi connectivity index (χ4v) is 2.06. The largest absolute Gasteiger partial charge is 0.464 e. The van der Waals surface area contributed by atoms with Crippen LogP contribution in [-0.4, -0.2) is 4.98 Å². The summed E-state index contributed by atoms with van der Waals surface area (Å²) in [5.41, 5.74) is 0.645.